The van der Waals surface area contributed by atoms with Gasteiger partial charge in [-0.2, -0.15) is 5.10 Å². The summed E-state index contributed by atoms with van der Waals surface area (Å²) in [7, 11) is 0. The zero-order chi connectivity index (χ0) is 24.6. The highest BCUT2D eigenvalue weighted by Crippen LogP contribution is 2.26. The molecule has 1 heterocycles. The molecule has 0 radical (unpaired) electrons. The molecule has 3 aromatic carbocycles. The van der Waals surface area contributed by atoms with Crippen LogP contribution in [0.4, 0.5) is 11.4 Å². The Bertz CT molecular complexity index is 1200. The fraction of sp³-hybridized carbons (Fsp3) is 0.222. The molecule has 5 N–H and O–H groups in total. The highest BCUT2D eigenvalue weighted by atomic mass is 16.4. The van der Waals surface area contributed by atoms with Crippen LogP contribution in [-0.4, -0.2) is 47.2 Å². The number of hydrazone groups is 1. The molecule has 1 aliphatic heterocycles. The molecule has 8 nitrogen and oxygen atoms in total. The van der Waals surface area contributed by atoms with Gasteiger partial charge in [0.1, 0.15) is 0 Å². The topological polar surface area (TPSA) is 120 Å². The molecule has 8 heteroatoms. The second-order valence-corrected chi connectivity index (χ2v) is 8.64. The molecule has 0 spiro atoms. The molecule has 1 atom stereocenters. The summed E-state index contributed by atoms with van der Waals surface area (Å²) < 4.78 is 0. The van der Waals surface area contributed by atoms with Crippen LogP contribution in [0.15, 0.2) is 77.9 Å². The Morgan fingerprint density at radius 3 is 2.60 bits per heavy atom. The molecule has 0 aliphatic carbocycles. The number of carbonyl (C=O) groups excluding carboxylic acids is 1. The third-order valence-corrected chi connectivity index (χ3v) is 5.98. The number of nitrogens with zero attached hydrogens (tertiary/aromatic N) is 2. The maximum absolute atomic E-state index is 12.9. The van der Waals surface area contributed by atoms with Crippen molar-refractivity contribution in [2.24, 2.45) is 10.9 Å². The van der Waals surface area contributed by atoms with E-state index < -0.39 is 5.97 Å². The van der Waals surface area contributed by atoms with Crippen molar-refractivity contribution < 1.29 is 14.7 Å². The number of nitrogens with one attached hydrogen (secondary N) is 2. The average molecular weight is 472 g/mol. The summed E-state index contributed by atoms with van der Waals surface area (Å²) in [5.41, 5.74) is 5.06. The van der Waals surface area contributed by atoms with Crippen LogP contribution in [0.3, 0.4) is 0 Å². The van der Waals surface area contributed by atoms with Gasteiger partial charge in [0.05, 0.1) is 12.6 Å². The maximum atomic E-state index is 12.9. The zero-order valence-corrected chi connectivity index (χ0v) is 19.4. The quantitative estimate of drug-likeness (QED) is 0.227. The van der Waals surface area contributed by atoms with Crippen molar-refractivity contribution in [1.82, 2.24) is 4.90 Å². The van der Waals surface area contributed by atoms with Crippen LogP contribution in [0.2, 0.25) is 0 Å². The Kier molecular flexibility index (Phi) is 7.74. The molecule has 0 saturated carbocycles. The summed E-state index contributed by atoms with van der Waals surface area (Å²) in [6.45, 7) is 2.10. The van der Waals surface area contributed by atoms with Gasteiger partial charge in [-0.15, -0.1) is 0 Å². The lowest BCUT2D eigenvalue weighted by atomic mass is 10.1. The monoisotopic (exact) mass is 471 g/mol. The maximum Gasteiger partial charge on any atom is 0.305 e. The SMILES string of the molecule is NN=Cc1ccc(NC(=O)c2ccc3c(c2)NC(CC(=O)O)CN(CCc2ccccc2)C3)cc1. The fourth-order valence-corrected chi connectivity index (χ4v) is 4.24. The lowest BCUT2D eigenvalue weighted by Gasteiger charge is -2.23. The van der Waals surface area contributed by atoms with E-state index in [1.54, 1.807) is 24.3 Å². The van der Waals surface area contributed by atoms with E-state index in [2.05, 4.69) is 32.8 Å². The van der Waals surface area contributed by atoms with Crippen LogP contribution in [0.25, 0.3) is 0 Å². The van der Waals surface area contributed by atoms with Gasteiger partial charge >= 0.3 is 5.97 Å². The summed E-state index contributed by atoms with van der Waals surface area (Å²) in [4.78, 5) is 26.6. The van der Waals surface area contributed by atoms with Crippen molar-refractivity contribution in [3.8, 4) is 0 Å². The molecular weight excluding hydrogens is 442 g/mol. The number of aliphatic carboxylic acids is 1. The number of carbonyl (C=O) groups is 2. The third kappa shape index (κ3) is 6.68. The normalized spacial score (nSPS) is 15.7. The lowest BCUT2D eigenvalue weighted by Crippen LogP contribution is -2.36. The third-order valence-electron chi connectivity index (χ3n) is 5.98. The van der Waals surface area contributed by atoms with Crippen molar-refractivity contribution >= 4 is 29.5 Å². The average Bonchev–Trinajstić information content (AvgIpc) is 3.02. The number of anilines is 2. The van der Waals surface area contributed by atoms with E-state index in [-0.39, 0.29) is 18.4 Å². The number of nitrogens with two attached hydrogens (primary N) is 1. The highest BCUT2D eigenvalue weighted by Gasteiger charge is 2.24. The summed E-state index contributed by atoms with van der Waals surface area (Å²) in [6, 6.07) is 22.7. The van der Waals surface area contributed by atoms with E-state index in [0.29, 0.717) is 24.3 Å². The Labute approximate surface area is 204 Å². The predicted octanol–water partition coefficient (Wildman–Crippen LogP) is 3.55. The standard InChI is InChI=1S/C27H29N5O3/c28-29-16-20-6-10-23(11-7-20)31-27(35)21-8-9-22-17-32(13-12-19-4-2-1-3-5-19)18-24(15-26(33)34)30-25(22)14-21/h1-11,14,16,24,30H,12-13,15,17-18,28H2,(H,31,35)(H,33,34). The first-order valence-electron chi connectivity index (χ1n) is 11.5. The number of amides is 1. The molecular formula is C27H29N5O3. The van der Waals surface area contributed by atoms with Gasteiger partial charge in [-0.3, -0.25) is 14.5 Å². The minimum Gasteiger partial charge on any atom is -0.481 e. The molecule has 1 unspecified atom stereocenters. The minimum atomic E-state index is -0.856. The Morgan fingerprint density at radius 1 is 1.11 bits per heavy atom. The first-order chi connectivity index (χ1) is 17.0. The Hall–Kier alpha value is -4.17. The molecule has 3 aromatic rings. The largest absolute Gasteiger partial charge is 0.481 e. The molecule has 1 amide bonds. The number of fused-ring (bicyclic) bond motifs is 1. The molecule has 0 saturated heterocycles. The van der Waals surface area contributed by atoms with E-state index >= 15 is 0 Å². The number of benzene rings is 3. The van der Waals surface area contributed by atoms with Gasteiger partial charge < -0.3 is 21.6 Å². The van der Waals surface area contributed by atoms with Crippen LogP contribution in [0, 0.1) is 0 Å². The minimum absolute atomic E-state index is 0.00382. The number of rotatable bonds is 8. The predicted molar refractivity (Wildman–Crippen MR) is 138 cm³/mol. The van der Waals surface area contributed by atoms with Crippen molar-refractivity contribution in [1.29, 1.82) is 0 Å². The molecule has 35 heavy (non-hydrogen) atoms. The van der Waals surface area contributed by atoms with E-state index in [4.69, 9.17) is 5.84 Å². The first kappa shape index (κ1) is 24.0. The van der Waals surface area contributed by atoms with Gasteiger partial charge in [-0.1, -0.05) is 48.5 Å². The zero-order valence-electron chi connectivity index (χ0n) is 19.4. The molecule has 0 fully saturated rings. The van der Waals surface area contributed by atoms with Crippen molar-refractivity contribution in [3.05, 3.63) is 95.1 Å². The highest BCUT2D eigenvalue weighted by molar-refractivity contribution is 6.05. The first-order valence-corrected chi connectivity index (χ1v) is 11.5. The van der Waals surface area contributed by atoms with Crippen LogP contribution in [0.5, 0.6) is 0 Å². The summed E-state index contributed by atoms with van der Waals surface area (Å²) in [5.74, 6) is 4.07. The van der Waals surface area contributed by atoms with Gasteiger partial charge in [0, 0.05) is 42.6 Å². The second kappa shape index (κ2) is 11.3. The summed E-state index contributed by atoms with van der Waals surface area (Å²) >= 11 is 0. The van der Waals surface area contributed by atoms with Crippen LogP contribution in [-0.2, 0) is 17.8 Å². The smallest absolute Gasteiger partial charge is 0.305 e. The van der Waals surface area contributed by atoms with E-state index in [1.807, 2.05) is 36.4 Å². The van der Waals surface area contributed by atoms with Gasteiger partial charge in [-0.25, -0.2) is 0 Å². The molecule has 0 bridgehead atoms. The molecule has 0 aromatic heterocycles. The van der Waals surface area contributed by atoms with Gasteiger partial charge in [0.2, 0.25) is 0 Å². The molecule has 4 rings (SSSR count). The number of carboxylic acid groups (broad SMARTS) is 1. The number of carboxylic acids is 1. The van der Waals surface area contributed by atoms with Gasteiger partial charge in [0.25, 0.3) is 5.91 Å². The number of hydrogen-bond donors (Lipinski definition) is 4. The second-order valence-electron chi connectivity index (χ2n) is 8.64. The van der Waals surface area contributed by atoms with Crippen LogP contribution in [0.1, 0.15) is 33.5 Å². The lowest BCUT2D eigenvalue weighted by molar-refractivity contribution is -0.137. The van der Waals surface area contributed by atoms with E-state index in [9.17, 15) is 14.7 Å². The van der Waals surface area contributed by atoms with Crippen molar-refractivity contribution in [2.75, 3.05) is 23.7 Å². The summed E-state index contributed by atoms with van der Waals surface area (Å²) in [5, 5.41) is 19.2. The van der Waals surface area contributed by atoms with Crippen molar-refractivity contribution in [2.45, 2.75) is 25.4 Å². The van der Waals surface area contributed by atoms with Crippen molar-refractivity contribution in [3.63, 3.8) is 0 Å². The molecule has 1 aliphatic rings. The van der Waals surface area contributed by atoms with Gasteiger partial charge in [0.15, 0.2) is 0 Å². The Morgan fingerprint density at radius 2 is 1.89 bits per heavy atom. The van der Waals surface area contributed by atoms with Crippen LogP contribution >= 0.6 is 0 Å². The van der Waals surface area contributed by atoms with Gasteiger partial charge in [-0.05, 0) is 47.4 Å². The van der Waals surface area contributed by atoms with E-state index in [1.165, 1.54) is 11.8 Å². The number of hydrogen-bond acceptors (Lipinski definition) is 6. The van der Waals surface area contributed by atoms with Crippen LogP contribution < -0.4 is 16.5 Å². The van der Waals surface area contributed by atoms with E-state index in [0.717, 1.165) is 29.8 Å². The summed E-state index contributed by atoms with van der Waals surface area (Å²) in [6.07, 6.45) is 2.41. The Balaban J connectivity index is 1.49. The molecule has 180 valence electrons. The fourth-order valence-electron chi connectivity index (χ4n) is 4.24.